The molecule has 0 aromatic heterocycles. The number of rotatable bonds is 7. The van der Waals surface area contributed by atoms with Gasteiger partial charge in [-0.25, -0.2) is 0 Å². The molecule has 0 aliphatic heterocycles. The summed E-state index contributed by atoms with van der Waals surface area (Å²) in [5.74, 6) is -2.83. The second kappa shape index (κ2) is 7.07. The number of aliphatic hydroxyl groups is 1. The van der Waals surface area contributed by atoms with Crippen LogP contribution in [0.2, 0.25) is 0 Å². The van der Waals surface area contributed by atoms with Gasteiger partial charge in [-0.1, -0.05) is 0 Å². The average molecular weight is 249 g/mol. The average Bonchev–Trinajstić information content (AvgIpc) is 2.14. The molecular weight excluding hydrogens is 236 g/mol. The molecule has 16 heavy (non-hydrogen) atoms. The number of carboxylic acid groups (broad SMARTS) is 1. The van der Waals surface area contributed by atoms with Crippen LogP contribution in [0.3, 0.4) is 0 Å². The van der Waals surface area contributed by atoms with Crippen molar-refractivity contribution in [3.63, 3.8) is 0 Å². The van der Waals surface area contributed by atoms with Gasteiger partial charge in [-0.05, 0) is 0 Å². The highest BCUT2D eigenvalue weighted by Gasteiger charge is 2.14. The summed E-state index contributed by atoms with van der Waals surface area (Å²) < 4.78 is 0. The van der Waals surface area contributed by atoms with Crippen LogP contribution in [0.4, 0.5) is 0 Å². The lowest BCUT2D eigenvalue weighted by Gasteiger charge is -2.18. The van der Waals surface area contributed by atoms with E-state index in [-0.39, 0.29) is 11.5 Å². The van der Waals surface area contributed by atoms with Crippen molar-refractivity contribution in [1.82, 2.24) is 5.32 Å². The Morgan fingerprint density at radius 1 is 1.44 bits per heavy atom. The van der Waals surface area contributed by atoms with Crippen LogP contribution in [-0.2, 0) is 14.4 Å². The third kappa shape index (κ3) is 6.25. The number of primary amides is 1. The van der Waals surface area contributed by atoms with Gasteiger partial charge in [-0.3, -0.25) is 9.59 Å². The predicted molar refractivity (Wildman–Crippen MR) is 55.1 cm³/mol. The lowest BCUT2D eigenvalue weighted by Crippen LogP contribution is -2.49. The fourth-order valence-electron chi connectivity index (χ4n) is 0.794. The minimum atomic E-state index is -1.42. The Morgan fingerprint density at radius 3 is 2.38 bits per heavy atom. The molecule has 0 saturated heterocycles. The quantitative estimate of drug-likeness (QED) is 0.435. The molecule has 7 nitrogen and oxygen atoms in total. The molecule has 1 unspecified atom stereocenters. The third-order valence-electron chi connectivity index (χ3n) is 1.55. The molecule has 92 valence electrons. The van der Waals surface area contributed by atoms with E-state index >= 15 is 0 Å². The zero-order valence-electron chi connectivity index (χ0n) is 8.63. The topological polar surface area (TPSA) is 133 Å². The molecule has 0 bridgehead atoms. The number of nitrogens with two attached hydrogens (primary N) is 1. The standard InChI is InChI=1S/C8H14N2O5S/c1-4(11)10-5(8(14)15)2-16-3-6(12)7(9)13/h5-6,12H,2-3H2,1H3,(H2,9,13)(H,10,11)(H,14,15)/p-1/t5-,6?/m1/s1. The fourth-order valence-corrected chi connectivity index (χ4v) is 1.77. The summed E-state index contributed by atoms with van der Waals surface area (Å²) in [6.07, 6.45) is -1.33. The van der Waals surface area contributed by atoms with Gasteiger partial charge in [0.15, 0.2) is 0 Å². The van der Waals surface area contributed by atoms with Gasteiger partial charge in [-0.2, -0.15) is 11.8 Å². The smallest absolute Gasteiger partial charge is 0.247 e. The highest BCUT2D eigenvalue weighted by molar-refractivity contribution is 7.99. The van der Waals surface area contributed by atoms with Crippen molar-refractivity contribution < 1.29 is 24.6 Å². The van der Waals surface area contributed by atoms with Crippen LogP contribution in [0, 0.1) is 0 Å². The van der Waals surface area contributed by atoms with E-state index in [1.54, 1.807) is 0 Å². The van der Waals surface area contributed by atoms with Crippen molar-refractivity contribution in [2.24, 2.45) is 5.73 Å². The van der Waals surface area contributed by atoms with Gasteiger partial charge >= 0.3 is 0 Å². The van der Waals surface area contributed by atoms with Crippen LogP contribution < -0.4 is 16.2 Å². The van der Waals surface area contributed by atoms with E-state index in [4.69, 9.17) is 10.8 Å². The normalized spacial score (nSPS) is 13.9. The Hall–Kier alpha value is -1.28. The maximum absolute atomic E-state index is 10.6. The van der Waals surface area contributed by atoms with E-state index in [0.29, 0.717) is 0 Å². The number of hydrogen-bond donors (Lipinski definition) is 3. The Bertz CT molecular complexity index is 284. The molecule has 0 aliphatic carbocycles. The van der Waals surface area contributed by atoms with E-state index in [2.05, 4.69) is 5.32 Å². The number of amides is 2. The molecule has 0 rings (SSSR count). The molecule has 0 aromatic carbocycles. The molecule has 0 radical (unpaired) electrons. The molecule has 2 amide bonds. The lowest BCUT2D eigenvalue weighted by atomic mass is 10.3. The minimum Gasteiger partial charge on any atom is -0.548 e. The highest BCUT2D eigenvalue weighted by Crippen LogP contribution is 2.05. The first-order chi connectivity index (χ1) is 7.34. The number of nitrogens with one attached hydrogen (secondary N) is 1. The summed E-state index contributed by atoms with van der Waals surface area (Å²) in [5.41, 5.74) is 4.79. The van der Waals surface area contributed by atoms with E-state index in [0.717, 1.165) is 11.8 Å². The number of carboxylic acids is 1. The van der Waals surface area contributed by atoms with E-state index in [1.807, 2.05) is 0 Å². The second-order valence-electron chi connectivity index (χ2n) is 3.03. The molecule has 4 N–H and O–H groups in total. The molecule has 0 heterocycles. The highest BCUT2D eigenvalue weighted by atomic mass is 32.2. The number of thioether (sulfide) groups is 1. The number of carbonyl (C=O) groups is 3. The van der Waals surface area contributed by atoms with Crippen molar-refractivity contribution in [2.75, 3.05) is 11.5 Å². The van der Waals surface area contributed by atoms with Gasteiger partial charge in [0.1, 0.15) is 6.10 Å². The maximum Gasteiger partial charge on any atom is 0.247 e. The van der Waals surface area contributed by atoms with Crippen LogP contribution in [0.25, 0.3) is 0 Å². The Labute approximate surface area is 96.4 Å². The number of hydrogen-bond acceptors (Lipinski definition) is 6. The number of aliphatic carboxylic acids is 1. The van der Waals surface area contributed by atoms with E-state index in [1.165, 1.54) is 6.92 Å². The predicted octanol–water partition coefficient (Wildman–Crippen LogP) is -3.18. The van der Waals surface area contributed by atoms with Crippen molar-refractivity contribution in [3.05, 3.63) is 0 Å². The van der Waals surface area contributed by atoms with Gasteiger partial charge in [0.25, 0.3) is 0 Å². The van der Waals surface area contributed by atoms with Gasteiger partial charge in [0, 0.05) is 18.4 Å². The molecule has 2 atom stereocenters. The maximum atomic E-state index is 10.6. The summed E-state index contributed by atoms with van der Waals surface area (Å²) >= 11 is 0.982. The Kier molecular flexibility index (Phi) is 6.50. The molecule has 0 saturated carbocycles. The van der Waals surface area contributed by atoms with Crippen molar-refractivity contribution in [1.29, 1.82) is 0 Å². The summed E-state index contributed by atoms with van der Waals surface area (Å²) in [4.78, 5) is 31.6. The summed E-state index contributed by atoms with van der Waals surface area (Å²) in [7, 11) is 0. The Balaban J connectivity index is 3.99. The van der Waals surface area contributed by atoms with E-state index in [9.17, 15) is 19.5 Å². The summed E-state index contributed by atoms with van der Waals surface area (Å²) in [6.45, 7) is 1.18. The minimum absolute atomic E-state index is 0.00769. The largest absolute Gasteiger partial charge is 0.548 e. The molecule has 0 aromatic rings. The molecule has 0 fully saturated rings. The third-order valence-corrected chi connectivity index (χ3v) is 2.67. The summed E-state index contributed by atoms with van der Waals surface area (Å²) in [5, 5.41) is 21.7. The van der Waals surface area contributed by atoms with Crippen molar-refractivity contribution in [2.45, 2.75) is 19.1 Å². The van der Waals surface area contributed by atoms with Crippen LogP contribution in [0.1, 0.15) is 6.92 Å². The molecular formula is C8H13N2O5S-. The van der Waals surface area contributed by atoms with Crippen LogP contribution in [0.5, 0.6) is 0 Å². The zero-order valence-corrected chi connectivity index (χ0v) is 9.45. The molecule has 8 heteroatoms. The monoisotopic (exact) mass is 249 g/mol. The van der Waals surface area contributed by atoms with Crippen molar-refractivity contribution >= 4 is 29.5 Å². The lowest BCUT2D eigenvalue weighted by molar-refractivity contribution is -0.307. The SMILES string of the molecule is CC(=O)N[C@H](CSCC(O)C(N)=O)C(=O)[O-]. The van der Waals surface area contributed by atoms with Crippen LogP contribution in [0.15, 0.2) is 0 Å². The van der Waals surface area contributed by atoms with Crippen molar-refractivity contribution in [3.8, 4) is 0 Å². The first-order valence-corrected chi connectivity index (χ1v) is 5.53. The van der Waals surface area contributed by atoms with E-state index < -0.39 is 29.9 Å². The van der Waals surface area contributed by atoms with Gasteiger partial charge in [-0.15, -0.1) is 0 Å². The molecule has 0 aliphatic rings. The number of carbonyl (C=O) groups excluding carboxylic acids is 3. The zero-order chi connectivity index (χ0) is 12.7. The fraction of sp³-hybridized carbons (Fsp3) is 0.625. The Morgan fingerprint density at radius 2 is 2.00 bits per heavy atom. The van der Waals surface area contributed by atoms with Gasteiger partial charge < -0.3 is 26.1 Å². The van der Waals surface area contributed by atoms with Crippen LogP contribution >= 0.6 is 11.8 Å². The first kappa shape index (κ1) is 14.7. The second-order valence-corrected chi connectivity index (χ2v) is 4.10. The first-order valence-electron chi connectivity index (χ1n) is 4.37. The van der Waals surface area contributed by atoms with Gasteiger partial charge in [0.05, 0.1) is 12.0 Å². The van der Waals surface area contributed by atoms with Gasteiger partial charge in [0.2, 0.25) is 11.8 Å². The number of aliphatic hydroxyl groups excluding tert-OH is 1. The van der Waals surface area contributed by atoms with Crippen LogP contribution in [-0.4, -0.2) is 46.5 Å². The molecule has 0 spiro atoms. The summed E-state index contributed by atoms with van der Waals surface area (Å²) in [6, 6.07) is -1.15.